The zero-order valence-electron chi connectivity index (χ0n) is 10.9. The third-order valence-electron chi connectivity index (χ3n) is 2.92. The van der Waals surface area contributed by atoms with E-state index >= 15 is 0 Å². The van der Waals surface area contributed by atoms with E-state index in [4.69, 9.17) is 0 Å². The van der Waals surface area contributed by atoms with Gasteiger partial charge in [-0.15, -0.1) is 0 Å². The Morgan fingerprint density at radius 2 is 2.15 bits per heavy atom. The third kappa shape index (κ3) is 2.57. The minimum absolute atomic E-state index is 0.352. The maximum atomic E-state index is 10.0. The Kier molecular flexibility index (Phi) is 3.26. The molecule has 3 heterocycles. The lowest BCUT2D eigenvalue weighted by atomic mass is 10.2. The van der Waals surface area contributed by atoms with Crippen LogP contribution in [0.3, 0.4) is 0 Å². The van der Waals surface area contributed by atoms with Crippen molar-refractivity contribution in [3.05, 3.63) is 42.5 Å². The SMILES string of the molecule is Cn1cc(C(O)CNc2ccc3nccnc3n2)cn1. The average Bonchev–Trinajstić information content (AvgIpc) is 2.91. The van der Waals surface area contributed by atoms with Crippen LogP contribution >= 0.6 is 0 Å². The molecule has 0 saturated carbocycles. The fraction of sp³-hybridized carbons (Fsp3) is 0.231. The van der Waals surface area contributed by atoms with Gasteiger partial charge in [0.05, 0.1) is 12.3 Å². The highest BCUT2D eigenvalue weighted by Gasteiger charge is 2.09. The van der Waals surface area contributed by atoms with E-state index in [0.717, 1.165) is 11.1 Å². The number of rotatable bonds is 4. The first-order valence-electron chi connectivity index (χ1n) is 6.20. The lowest BCUT2D eigenvalue weighted by Crippen LogP contribution is -2.12. The Morgan fingerprint density at radius 3 is 2.95 bits per heavy atom. The molecule has 0 spiro atoms. The van der Waals surface area contributed by atoms with Crippen LogP contribution in [-0.2, 0) is 7.05 Å². The molecule has 3 aromatic rings. The van der Waals surface area contributed by atoms with E-state index in [2.05, 4.69) is 25.4 Å². The van der Waals surface area contributed by atoms with Crippen LogP contribution < -0.4 is 5.32 Å². The number of aliphatic hydroxyl groups is 1. The van der Waals surface area contributed by atoms with Gasteiger partial charge >= 0.3 is 0 Å². The van der Waals surface area contributed by atoms with Crippen molar-refractivity contribution in [1.29, 1.82) is 0 Å². The van der Waals surface area contributed by atoms with E-state index in [1.807, 2.05) is 19.2 Å². The topological polar surface area (TPSA) is 88.8 Å². The minimum Gasteiger partial charge on any atom is -0.386 e. The molecule has 0 amide bonds. The van der Waals surface area contributed by atoms with Crippen LogP contribution in [0.5, 0.6) is 0 Å². The molecule has 20 heavy (non-hydrogen) atoms. The summed E-state index contributed by atoms with van der Waals surface area (Å²) in [4.78, 5) is 12.6. The minimum atomic E-state index is -0.636. The van der Waals surface area contributed by atoms with E-state index in [-0.39, 0.29) is 0 Å². The summed E-state index contributed by atoms with van der Waals surface area (Å²) < 4.78 is 1.66. The van der Waals surface area contributed by atoms with Crippen LogP contribution in [0.25, 0.3) is 11.2 Å². The second kappa shape index (κ2) is 5.22. The molecule has 3 rings (SSSR count). The molecule has 0 radical (unpaired) electrons. The zero-order chi connectivity index (χ0) is 13.9. The van der Waals surface area contributed by atoms with E-state index in [1.165, 1.54) is 0 Å². The van der Waals surface area contributed by atoms with Gasteiger partial charge in [-0.3, -0.25) is 9.67 Å². The van der Waals surface area contributed by atoms with Crippen molar-refractivity contribution in [3.63, 3.8) is 0 Å². The molecule has 0 aromatic carbocycles. The molecule has 1 unspecified atom stereocenters. The second-order valence-corrected chi connectivity index (χ2v) is 4.44. The molecule has 3 aromatic heterocycles. The monoisotopic (exact) mass is 270 g/mol. The van der Waals surface area contributed by atoms with Gasteiger partial charge in [-0.1, -0.05) is 0 Å². The van der Waals surface area contributed by atoms with Crippen molar-refractivity contribution < 1.29 is 5.11 Å². The Labute approximate surface area is 115 Å². The highest BCUT2D eigenvalue weighted by Crippen LogP contribution is 2.14. The zero-order valence-corrected chi connectivity index (χ0v) is 10.9. The van der Waals surface area contributed by atoms with Crippen molar-refractivity contribution >= 4 is 17.0 Å². The number of aliphatic hydroxyl groups excluding tert-OH is 1. The maximum absolute atomic E-state index is 10.0. The highest BCUT2D eigenvalue weighted by molar-refractivity contribution is 5.71. The molecule has 2 N–H and O–H groups in total. The van der Waals surface area contributed by atoms with Gasteiger partial charge in [-0.25, -0.2) is 9.97 Å². The third-order valence-corrected chi connectivity index (χ3v) is 2.92. The molecule has 7 nitrogen and oxygen atoms in total. The highest BCUT2D eigenvalue weighted by atomic mass is 16.3. The van der Waals surface area contributed by atoms with Crippen molar-refractivity contribution in [2.75, 3.05) is 11.9 Å². The Morgan fingerprint density at radius 1 is 1.30 bits per heavy atom. The number of aromatic nitrogens is 5. The number of fused-ring (bicyclic) bond motifs is 1. The lowest BCUT2D eigenvalue weighted by Gasteiger charge is -2.10. The number of hydrogen-bond donors (Lipinski definition) is 2. The lowest BCUT2D eigenvalue weighted by molar-refractivity contribution is 0.191. The van der Waals surface area contributed by atoms with Crippen molar-refractivity contribution in [1.82, 2.24) is 24.7 Å². The molecule has 0 saturated heterocycles. The van der Waals surface area contributed by atoms with E-state index in [0.29, 0.717) is 18.0 Å². The average molecular weight is 270 g/mol. The number of nitrogens with one attached hydrogen (secondary N) is 1. The predicted molar refractivity (Wildman–Crippen MR) is 74.0 cm³/mol. The smallest absolute Gasteiger partial charge is 0.180 e. The first-order valence-corrected chi connectivity index (χ1v) is 6.20. The first-order chi connectivity index (χ1) is 9.72. The molecule has 102 valence electrons. The van der Waals surface area contributed by atoms with Gasteiger partial charge in [-0.2, -0.15) is 5.10 Å². The van der Waals surface area contributed by atoms with Gasteiger partial charge in [0.25, 0.3) is 0 Å². The fourth-order valence-electron chi connectivity index (χ4n) is 1.88. The summed E-state index contributed by atoms with van der Waals surface area (Å²) in [6.45, 7) is 0.352. The van der Waals surface area contributed by atoms with E-state index in [1.54, 1.807) is 29.5 Å². The first kappa shape index (κ1) is 12.5. The van der Waals surface area contributed by atoms with Gasteiger partial charge in [0.15, 0.2) is 5.65 Å². The van der Waals surface area contributed by atoms with Gasteiger partial charge in [-0.05, 0) is 12.1 Å². The number of nitrogens with zero attached hydrogens (tertiary/aromatic N) is 5. The summed E-state index contributed by atoms with van der Waals surface area (Å²) >= 11 is 0. The molecule has 0 bridgehead atoms. The summed E-state index contributed by atoms with van der Waals surface area (Å²) in [6.07, 6.45) is 6.02. The second-order valence-electron chi connectivity index (χ2n) is 4.44. The molecule has 0 aliphatic heterocycles. The molecule has 0 aliphatic rings. The van der Waals surface area contributed by atoms with Crippen molar-refractivity contribution in [2.45, 2.75) is 6.10 Å². The van der Waals surface area contributed by atoms with Gasteiger partial charge < -0.3 is 10.4 Å². The Balaban J connectivity index is 1.70. The van der Waals surface area contributed by atoms with Gasteiger partial charge in [0.2, 0.25) is 0 Å². The van der Waals surface area contributed by atoms with Crippen LogP contribution in [-0.4, -0.2) is 36.4 Å². The Hall–Kier alpha value is -2.54. The van der Waals surface area contributed by atoms with Crippen LogP contribution in [0, 0.1) is 0 Å². The van der Waals surface area contributed by atoms with Gasteiger partial charge in [0.1, 0.15) is 11.3 Å². The summed E-state index contributed by atoms with van der Waals surface area (Å²) in [5.74, 6) is 0.654. The predicted octanol–water partition coefficient (Wildman–Crippen LogP) is 0.904. The number of anilines is 1. The molecule has 1 atom stereocenters. The Bertz CT molecular complexity index is 725. The molecule has 0 aliphatic carbocycles. The molecular weight excluding hydrogens is 256 g/mol. The fourth-order valence-corrected chi connectivity index (χ4v) is 1.88. The quantitative estimate of drug-likeness (QED) is 0.732. The molecular formula is C13H14N6O. The van der Waals surface area contributed by atoms with Crippen molar-refractivity contribution in [2.24, 2.45) is 7.05 Å². The number of aryl methyl sites for hydroxylation is 1. The maximum Gasteiger partial charge on any atom is 0.180 e. The van der Waals surface area contributed by atoms with Crippen LogP contribution in [0.1, 0.15) is 11.7 Å². The number of hydrogen-bond acceptors (Lipinski definition) is 6. The number of pyridine rings is 1. The van der Waals surface area contributed by atoms with E-state index < -0.39 is 6.10 Å². The largest absolute Gasteiger partial charge is 0.386 e. The standard InChI is InChI=1S/C13H14N6O/c1-19-8-9(6-17-19)11(20)7-16-12-3-2-10-13(18-12)15-5-4-14-10/h2-6,8,11,20H,7H2,1H3,(H,15,16,18). The van der Waals surface area contributed by atoms with E-state index in [9.17, 15) is 5.11 Å². The molecule has 7 heteroatoms. The summed E-state index contributed by atoms with van der Waals surface area (Å²) in [7, 11) is 1.81. The normalized spacial score (nSPS) is 12.5. The summed E-state index contributed by atoms with van der Waals surface area (Å²) in [5.41, 5.74) is 2.08. The molecule has 0 fully saturated rings. The summed E-state index contributed by atoms with van der Waals surface area (Å²) in [6, 6.07) is 3.65. The van der Waals surface area contributed by atoms with Crippen molar-refractivity contribution in [3.8, 4) is 0 Å². The van der Waals surface area contributed by atoms with Crippen LogP contribution in [0.2, 0.25) is 0 Å². The van der Waals surface area contributed by atoms with Gasteiger partial charge in [0, 0.05) is 37.7 Å². The summed E-state index contributed by atoms with van der Waals surface area (Å²) in [5, 5.41) is 17.1. The van der Waals surface area contributed by atoms with Crippen LogP contribution in [0.15, 0.2) is 36.9 Å². The van der Waals surface area contributed by atoms with Crippen LogP contribution in [0.4, 0.5) is 5.82 Å².